The molecular weight excluding hydrogens is 640 g/mol. The van der Waals surface area contributed by atoms with E-state index in [9.17, 15) is 14.4 Å². The second-order valence-corrected chi connectivity index (χ2v) is 14.5. The fourth-order valence-corrected chi connectivity index (χ4v) is 8.13. The number of amides is 3. The average Bonchev–Trinajstić information content (AvgIpc) is 3.74. The largest absolute Gasteiger partial charge is 0.347 e. The van der Waals surface area contributed by atoms with Crippen LogP contribution in [0.3, 0.4) is 0 Å². The molecule has 268 valence electrons. The Morgan fingerprint density at radius 3 is 2.24 bits per heavy atom. The number of nitrogens with zero attached hydrogens (tertiary/aromatic N) is 6. The lowest BCUT2D eigenvalue weighted by Crippen LogP contribution is -2.56. The lowest BCUT2D eigenvalue weighted by molar-refractivity contribution is -0.0217. The molecule has 4 heterocycles. The first-order valence-electron chi connectivity index (χ1n) is 18.4. The molecule has 11 heteroatoms. The van der Waals surface area contributed by atoms with Gasteiger partial charge in [-0.3, -0.25) is 24.0 Å². The number of nitrogens with one attached hydrogen (secondary N) is 2. The normalized spacial score (nSPS) is 17.5. The van der Waals surface area contributed by atoms with E-state index in [1.54, 1.807) is 25.2 Å². The predicted octanol–water partition coefficient (Wildman–Crippen LogP) is 5.43. The van der Waals surface area contributed by atoms with Crippen LogP contribution in [-0.4, -0.2) is 87.0 Å². The molecule has 3 aliphatic rings. The first kappa shape index (κ1) is 34.7. The van der Waals surface area contributed by atoms with Crippen molar-refractivity contribution in [1.82, 2.24) is 34.4 Å². The van der Waals surface area contributed by atoms with E-state index in [0.717, 1.165) is 82.6 Å². The number of likely N-dealkylation sites (tertiary alicyclic amines) is 1. The van der Waals surface area contributed by atoms with E-state index in [1.165, 1.54) is 11.3 Å². The number of carbonyl (C=O) groups excluding carboxylic acids is 3. The van der Waals surface area contributed by atoms with Gasteiger partial charge in [0.1, 0.15) is 5.69 Å². The fraction of sp³-hybridized carbons (Fsp3) is 0.450. The zero-order chi connectivity index (χ0) is 35.7. The summed E-state index contributed by atoms with van der Waals surface area (Å²) in [7, 11) is 3.54. The Morgan fingerprint density at radius 1 is 0.882 bits per heavy atom. The monoisotopic (exact) mass is 690 g/mol. The maximum Gasteiger partial charge on any atom is 0.268 e. The molecule has 4 aromatic rings. The lowest BCUT2D eigenvalue weighted by atomic mass is 9.71. The van der Waals surface area contributed by atoms with Gasteiger partial charge in [-0.25, -0.2) is 0 Å². The van der Waals surface area contributed by atoms with Crippen LogP contribution in [0.5, 0.6) is 0 Å². The minimum absolute atomic E-state index is 0.00709. The summed E-state index contributed by atoms with van der Waals surface area (Å²) in [6.45, 7) is 10.1. The third kappa shape index (κ3) is 6.84. The van der Waals surface area contributed by atoms with Gasteiger partial charge in [0, 0.05) is 76.0 Å². The van der Waals surface area contributed by atoms with Crippen molar-refractivity contribution < 1.29 is 14.4 Å². The predicted molar refractivity (Wildman–Crippen MR) is 198 cm³/mol. The molecule has 1 saturated heterocycles. The van der Waals surface area contributed by atoms with E-state index in [4.69, 9.17) is 0 Å². The second kappa shape index (κ2) is 14.5. The van der Waals surface area contributed by atoms with E-state index in [0.29, 0.717) is 35.1 Å². The quantitative estimate of drug-likeness (QED) is 0.230. The summed E-state index contributed by atoms with van der Waals surface area (Å²) in [6, 6.07) is 20.0. The first-order valence-corrected chi connectivity index (χ1v) is 18.4. The number of aromatic nitrogens is 3. The number of rotatable bonds is 10. The number of piperidine rings is 1. The maximum absolute atomic E-state index is 13.5. The molecule has 0 unspecified atom stereocenters. The summed E-state index contributed by atoms with van der Waals surface area (Å²) in [5, 5.41) is 10.7. The molecule has 3 amide bonds. The van der Waals surface area contributed by atoms with Crippen LogP contribution in [0, 0.1) is 6.92 Å². The molecular formula is C40H50N8O3. The molecule has 11 nitrogen and oxygen atoms in total. The zero-order valence-electron chi connectivity index (χ0n) is 30.3. The van der Waals surface area contributed by atoms with Gasteiger partial charge in [0.2, 0.25) is 0 Å². The summed E-state index contributed by atoms with van der Waals surface area (Å²) in [5.41, 5.74) is 6.87. The summed E-state index contributed by atoms with van der Waals surface area (Å²) < 4.78 is 4.23. The summed E-state index contributed by atoms with van der Waals surface area (Å²) in [5.74, 6) is -0.246. The third-order valence-corrected chi connectivity index (χ3v) is 11.4. The van der Waals surface area contributed by atoms with Crippen molar-refractivity contribution >= 4 is 23.4 Å². The molecule has 0 bridgehead atoms. The Hall–Kier alpha value is -4.74. The van der Waals surface area contributed by atoms with Gasteiger partial charge in [-0.15, -0.1) is 0 Å². The number of anilines is 1. The molecule has 2 aromatic heterocycles. The SMILES string of the molecule is CCN1CCC(n2ncc(C(=O)Nc3ccc(CNC(=O)c4ccc5n4CCN(Cc4ccc(C(=O)N(C)C)cc4)C54CCC4)cc3)c2C)CC1. The van der Waals surface area contributed by atoms with Crippen molar-refractivity contribution in [2.24, 2.45) is 0 Å². The maximum atomic E-state index is 13.5. The van der Waals surface area contributed by atoms with Gasteiger partial charge < -0.3 is 25.0 Å². The highest BCUT2D eigenvalue weighted by Gasteiger charge is 2.48. The van der Waals surface area contributed by atoms with E-state index in [-0.39, 0.29) is 23.3 Å². The lowest BCUT2D eigenvalue weighted by Gasteiger charge is -2.53. The minimum Gasteiger partial charge on any atom is -0.347 e. The van der Waals surface area contributed by atoms with Crippen molar-refractivity contribution in [1.29, 1.82) is 0 Å². The van der Waals surface area contributed by atoms with Gasteiger partial charge in [-0.1, -0.05) is 31.2 Å². The van der Waals surface area contributed by atoms with Crippen LogP contribution in [0.1, 0.15) is 98.8 Å². The van der Waals surface area contributed by atoms with Crippen molar-refractivity contribution in [2.45, 2.75) is 77.2 Å². The highest BCUT2D eigenvalue weighted by molar-refractivity contribution is 6.04. The van der Waals surface area contributed by atoms with Crippen LogP contribution in [0.15, 0.2) is 66.9 Å². The van der Waals surface area contributed by atoms with E-state index >= 15 is 0 Å². The van der Waals surface area contributed by atoms with Crippen LogP contribution in [-0.2, 0) is 25.2 Å². The topological polar surface area (TPSA) is 108 Å². The Balaban J connectivity index is 0.943. The summed E-state index contributed by atoms with van der Waals surface area (Å²) in [4.78, 5) is 45.6. The number of benzene rings is 2. The molecule has 2 N–H and O–H groups in total. The molecule has 2 aliphatic heterocycles. The summed E-state index contributed by atoms with van der Waals surface area (Å²) >= 11 is 0. The standard InChI is InChI=1S/C40H50N8O3/c1-5-45-21-17-33(18-22-45)48-28(2)34(26-42-48)37(49)43-32-13-9-29(10-14-32)25-41-38(50)35-15-16-36-40(19-6-20-40)46(23-24-47(35)36)27-30-7-11-31(12-8-30)39(51)44(3)4/h7-16,26,33H,5-6,17-25,27H2,1-4H3,(H,41,50)(H,43,49). The zero-order valence-corrected chi connectivity index (χ0v) is 30.3. The molecule has 2 fully saturated rings. The number of carbonyl (C=O) groups is 3. The Kier molecular flexibility index (Phi) is 9.85. The van der Waals surface area contributed by atoms with Crippen LogP contribution >= 0.6 is 0 Å². The van der Waals surface area contributed by atoms with E-state index < -0.39 is 0 Å². The molecule has 51 heavy (non-hydrogen) atoms. The third-order valence-electron chi connectivity index (χ3n) is 11.4. The highest BCUT2D eigenvalue weighted by atomic mass is 16.2. The number of fused-ring (bicyclic) bond motifs is 2. The smallest absolute Gasteiger partial charge is 0.268 e. The number of hydrogen-bond donors (Lipinski definition) is 2. The van der Waals surface area contributed by atoms with Crippen molar-refractivity contribution in [3.05, 3.63) is 106 Å². The first-order chi connectivity index (χ1) is 24.7. The van der Waals surface area contributed by atoms with Crippen LogP contribution in [0.25, 0.3) is 0 Å². The van der Waals surface area contributed by atoms with Crippen molar-refractivity contribution in [3.8, 4) is 0 Å². The van der Waals surface area contributed by atoms with Gasteiger partial charge in [-0.05, 0) is 93.1 Å². The second-order valence-electron chi connectivity index (χ2n) is 14.5. The van der Waals surface area contributed by atoms with Crippen LogP contribution in [0.2, 0.25) is 0 Å². The Bertz CT molecular complexity index is 1880. The highest BCUT2D eigenvalue weighted by Crippen LogP contribution is 2.49. The van der Waals surface area contributed by atoms with Gasteiger partial charge in [0.15, 0.2) is 0 Å². The molecule has 1 saturated carbocycles. The molecule has 2 aromatic carbocycles. The van der Waals surface area contributed by atoms with Crippen molar-refractivity contribution in [3.63, 3.8) is 0 Å². The molecule has 0 radical (unpaired) electrons. The van der Waals surface area contributed by atoms with Gasteiger partial charge >= 0.3 is 0 Å². The Labute approximate surface area is 300 Å². The van der Waals surface area contributed by atoms with Gasteiger partial charge in [0.05, 0.1) is 23.3 Å². The number of hydrogen-bond acceptors (Lipinski definition) is 6. The van der Waals surface area contributed by atoms with Gasteiger partial charge in [0.25, 0.3) is 17.7 Å². The summed E-state index contributed by atoms with van der Waals surface area (Å²) in [6.07, 6.45) is 7.07. The Morgan fingerprint density at radius 2 is 1.59 bits per heavy atom. The van der Waals surface area contributed by atoms with E-state index in [1.807, 2.05) is 54.1 Å². The van der Waals surface area contributed by atoms with Crippen LogP contribution in [0.4, 0.5) is 5.69 Å². The van der Waals surface area contributed by atoms with Crippen molar-refractivity contribution in [2.75, 3.05) is 45.6 Å². The van der Waals surface area contributed by atoms with E-state index in [2.05, 4.69) is 55.2 Å². The molecule has 7 rings (SSSR count). The minimum atomic E-state index is -0.166. The molecule has 1 aliphatic carbocycles. The average molecular weight is 691 g/mol. The molecule has 0 atom stereocenters. The van der Waals surface area contributed by atoms with Crippen LogP contribution < -0.4 is 10.6 Å². The fourth-order valence-electron chi connectivity index (χ4n) is 8.13. The molecule has 1 spiro atoms. The van der Waals surface area contributed by atoms with Gasteiger partial charge in [-0.2, -0.15) is 5.10 Å².